The number of aromatic nitrogens is 1. The van der Waals surface area contributed by atoms with Crippen molar-refractivity contribution in [2.75, 3.05) is 18.6 Å². The van der Waals surface area contributed by atoms with E-state index in [1.54, 1.807) is 60.5 Å². The van der Waals surface area contributed by atoms with Gasteiger partial charge in [0.2, 0.25) is 0 Å². The van der Waals surface area contributed by atoms with Crippen molar-refractivity contribution in [3.63, 3.8) is 0 Å². The van der Waals surface area contributed by atoms with Gasteiger partial charge in [-0.05, 0) is 54.1 Å². The lowest BCUT2D eigenvalue weighted by Crippen LogP contribution is -2.27. The number of alkyl halides is 3. The van der Waals surface area contributed by atoms with Crippen molar-refractivity contribution in [2.45, 2.75) is 6.18 Å². The van der Waals surface area contributed by atoms with Gasteiger partial charge in [-0.2, -0.15) is 13.2 Å². The van der Waals surface area contributed by atoms with Crippen molar-refractivity contribution in [3.8, 4) is 5.75 Å². The van der Waals surface area contributed by atoms with Crippen molar-refractivity contribution in [1.82, 2.24) is 4.98 Å². The van der Waals surface area contributed by atoms with Gasteiger partial charge in [-0.15, -0.1) is 0 Å². The summed E-state index contributed by atoms with van der Waals surface area (Å²) in [6, 6.07) is 16.4. The molecule has 3 aromatic rings. The van der Waals surface area contributed by atoms with Crippen LogP contribution in [0.4, 0.5) is 24.7 Å². The van der Waals surface area contributed by atoms with Crippen LogP contribution in [0.25, 0.3) is 11.3 Å². The Hall–Kier alpha value is -3.00. The average molecular weight is 477 g/mol. The maximum atomic E-state index is 13.3. The van der Waals surface area contributed by atoms with Crippen molar-refractivity contribution in [2.24, 2.45) is 0 Å². The summed E-state index contributed by atoms with van der Waals surface area (Å²) in [5, 5.41) is 10.9. The molecule has 0 atom stereocenters. The predicted molar refractivity (Wildman–Crippen MR) is 113 cm³/mol. The third kappa shape index (κ3) is 3.75. The highest BCUT2D eigenvalue weighted by Crippen LogP contribution is 2.42. The molecule has 8 heteroatoms. The molecule has 30 heavy (non-hydrogen) atoms. The van der Waals surface area contributed by atoms with E-state index < -0.39 is 11.9 Å². The minimum atomic E-state index is -4.59. The molecule has 0 spiro atoms. The third-order valence-corrected chi connectivity index (χ3v) is 5.38. The number of halogens is 4. The average Bonchev–Trinajstić information content (AvgIpc) is 2.74. The van der Waals surface area contributed by atoms with Crippen LogP contribution >= 0.6 is 15.9 Å². The number of pyridine rings is 1. The first-order valence-corrected chi connectivity index (χ1v) is 9.75. The van der Waals surface area contributed by atoms with Crippen LogP contribution in [0.3, 0.4) is 0 Å². The summed E-state index contributed by atoms with van der Waals surface area (Å²) in [4.78, 5) is 5.51. The first-order valence-electron chi connectivity index (χ1n) is 8.96. The highest BCUT2D eigenvalue weighted by Gasteiger charge is 2.36. The van der Waals surface area contributed by atoms with E-state index in [-0.39, 0.29) is 23.7 Å². The van der Waals surface area contributed by atoms with E-state index in [0.29, 0.717) is 17.0 Å². The molecule has 0 unspecified atom stereocenters. The third-order valence-electron chi connectivity index (χ3n) is 4.86. The normalized spacial score (nSPS) is 14.0. The highest BCUT2D eigenvalue weighted by molar-refractivity contribution is 9.10. The second-order valence-electron chi connectivity index (χ2n) is 6.68. The molecule has 2 heterocycles. The van der Waals surface area contributed by atoms with Gasteiger partial charge >= 0.3 is 6.18 Å². The Morgan fingerprint density at radius 1 is 1.00 bits per heavy atom. The smallest absolute Gasteiger partial charge is 0.433 e. The zero-order valence-corrected chi connectivity index (χ0v) is 17.3. The molecule has 0 fully saturated rings. The minimum Gasteiger partial charge on any atom is -0.507 e. The Labute approximate surface area is 179 Å². The Balaban J connectivity index is 1.89. The topological polar surface area (TPSA) is 45.6 Å². The zero-order valence-electron chi connectivity index (χ0n) is 15.7. The van der Waals surface area contributed by atoms with E-state index in [1.165, 1.54) is 6.07 Å². The molecule has 0 saturated carbocycles. The Kier molecular flexibility index (Phi) is 5.19. The monoisotopic (exact) mass is 476 g/mol. The molecule has 4 rings (SSSR count). The number of anilines is 2. The van der Waals surface area contributed by atoms with Crippen LogP contribution in [0.15, 0.2) is 65.1 Å². The van der Waals surface area contributed by atoms with E-state index in [1.807, 2.05) is 0 Å². The van der Waals surface area contributed by atoms with E-state index in [4.69, 9.17) is 4.74 Å². The van der Waals surface area contributed by atoms with Gasteiger partial charge in [0.25, 0.3) is 0 Å². The summed E-state index contributed by atoms with van der Waals surface area (Å²) in [6.07, 6.45) is -4.59. The Morgan fingerprint density at radius 3 is 2.27 bits per heavy atom. The summed E-state index contributed by atoms with van der Waals surface area (Å²) < 4.78 is 45.8. The van der Waals surface area contributed by atoms with Crippen LogP contribution in [0.5, 0.6) is 5.75 Å². The fraction of sp³-hybridized carbons (Fsp3) is 0.136. The maximum absolute atomic E-state index is 13.3. The Morgan fingerprint density at radius 2 is 1.67 bits per heavy atom. The molecule has 0 saturated heterocycles. The van der Waals surface area contributed by atoms with Gasteiger partial charge in [0, 0.05) is 15.7 Å². The van der Waals surface area contributed by atoms with E-state index >= 15 is 0 Å². The molecule has 2 aromatic carbocycles. The summed E-state index contributed by atoms with van der Waals surface area (Å²) in [6.45, 7) is 0.154. The SMILES string of the molecule is COc1ccc(C2=C(O)c3ccc(C(F)(F)F)nc3N(c3ccc(Br)cc3)C2)cc1. The molecule has 1 aliphatic heterocycles. The van der Waals surface area contributed by atoms with E-state index in [2.05, 4.69) is 20.9 Å². The second kappa shape index (κ2) is 7.68. The summed E-state index contributed by atoms with van der Waals surface area (Å²) in [7, 11) is 1.56. The summed E-state index contributed by atoms with van der Waals surface area (Å²) in [5.74, 6) is 0.628. The van der Waals surface area contributed by atoms with Crippen LogP contribution in [-0.4, -0.2) is 23.7 Å². The molecule has 1 aliphatic rings. The zero-order chi connectivity index (χ0) is 21.5. The number of rotatable bonds is 3. The van der Waals surface area contributed by atoms with Crippen molar-refractivity contribution < 1.29 is 23.0 Å². The number of aliphatic hydroxyl groups excluding tert-OH is 1. The fourth-order valence-electron chi connectivity index (χ4n) is 3.32. The van der Waals surface area contributed by atoms with Crippen LogP contribution in [-0.2, 0) is 6.18 Å². The van der Waals surface area contributed by atoms with Gasteiger partial charge < -0.3 is 14.7 Å². The van der Waals surface area contributed by atoms with E-state index in [9.17, 15) is 18.3 Å². The molecule has 0 bridgehead atoms. The summed E-state index contributed by atoms with van der Waals surface area (Å²) in [5.41, 5.74) is 1.20. The second-order valence-corrected chi connectivity index (χ2v) is 7.60. The number of hydrogen-bond acceptors (Lipinski definition) is 4. The molecular formula is C22H16BrF3N2O2. The molecule has 1 aromatic heterocycles. The first-order chi connectivity index (χ1) is 14.3. The lowest BCUT2D eigenvalue weighted by molar-refractivity contribution is -0.141. The number of nitrogens with zero attached hydrogens (tertiary/aromatic N) is 2. The molecular weight excluding hydrogens is 461 g/mol. The first kappa shape index (κ1) is 20.3. The van der Waals surface area contributed by atoms with Gasteiger partial charge in [-0.1, -0.05) is 28.1 Å². The van der Waals surface area contributed by atoms with Crippen LogP contribution in [0, 0.1) is 0 Å². The standard InChI is InChI=1S/C22H16BrF3N2O2/c1-30-16-8-2-13(3-9-16)18-12-28(15-6-4-14(23)5-7-15)21-17(20(18)29)10-11-19(27-21)22(24,25)26/h2-11,29H,12H2,1H3. The minimum absolute atomic E-state index is 0.0573. The van der Waals surface area contributed by atoms with Crippen molar-refractivity contribution in [1.29, 1.82) is 0 Å². The van der Waals surface area contributed by atoms with Gasteiger partial charge in [0.15, 0.2) is 0 Å². The quantitative estimate of drug-likeness (QED) is 0.471. The number of fused-ring (bicyclic) bond motifs is 1. The van der Waals surface area contributed by atoms with Crippen LogP contribution in [0.2, 0.25) is 0 Å². The largest absolute Gasteiger partial charge is 0.507 e. The number of hydrogen-bond donors (Lipinski definition) is 1. The molecule has 4 nitrogen and oxygen atoms in total. The van der Waals surface area contributed by atoms with Gasteiger partial charge in [0.1, 0.15) is 23.0 Å². The lowest BCUT2D eigenvalue weighted by atomic mass is 9.96. The molecule has 0 radical (unpaired) electrons. The van der Waals surface area contributed by atoms with Crippen molar-refractivity contribution in [3.05, 3.63) is 82.0 Å². The fourth-order valence-corrected chi connectivity index (χ4v) is 3.59. The van der Waals surface area contributed by atoms with E-state index in [0.717, 1.165) is 16.1 Å². The lowest BCUT2D eigenvalue weighted by Gasteiger charge is -2.32. The number of aliphatic hydroxyl groups is 1. The molecule has 0 aliphatic carbocycles. The summed E-state index contributed by atoms with van der Waals surface area (Å²) >= 11 is 3.37. The van der Waals surface area contributed by atoms with Crippen LogP contribution in [0.1, 0.15) is 16.8 Å². The number of methoxy groups -OCH3 is 1. The van der Waals surface area contributed by atoms with Crippen LogP contribution < -0.4 is 9.64 Å². The number of benzene rings is 2. The molecule has 1 N–H and O–H groups in total. The van der Waals surface area contributed by atoms with Gasteiger partial charge in [-0.25, -0.2) is 4.98 Å². The molecule has 0 amide bonds. The van der Waals surface area contributed by atoms with Gasteiger partial charge in [-0.3, -0.25) is 0 Å². The molecule has 154 valence electrons. The highest BCUT2D eigenvalue weighted by atomic mass is 79.9. The predicted octanol–water partition coefficient (Wildman–Crippen LogP) is 6.45. The van der Waals surface area contributed by atoms with Crippen molar-refractivity contribution >= 4 is 38.8 Å². The Bertz CT molecular complexity index is 1110. The number of ether oxygens (including phenoxy) is 1. The van der Waals surface area contributed by atoms with Gasteiger partial charge in [0.05, 0.1) is 19.2 Å². The maximum Gasteiger partial charge on any atom is 0.433 e.